The highest BCUT2D eigenvalue weighted by atomic mass is 28.4. The topological polar surface area (TPSA) is 102 Å². The third-order valence-corrected chi connectivity index (χ3v) is 22.6. The van der Waals surface area contributed by atoms with Gasteiger partial charge in [-0.2, -0.15) is 10.2 Å². The van der Waals surface area contributed by atoms with E-state index in [-0.39, 0.29) is 45.6 Å². The first-order valence-electron chi connectivity index (χ1n) is 22.0. The van der Waals surface area contributed by atoms with E-state index in [0.29, 0.717) is 5.92 Å². The molecule has 0 bridgehead atoms. The summed E-state index contributed by atoms with van der Waals surface area (Å²) in [6.45, 7) is 45.6. The molecule has 10 nitrogen and oxygen atoms in total. The molecule has 2 fully saturated rings. The number of hydrogen-bond donors (Lipinski definition) is 1. The van der Waals surface area contributed by atoms with Gasteiger partial charge >= 0.3 is 14.2 Å². The molecule has 4 aromatic rings. The Morgan fingerprint density at radius 2 is 0.967 bits per heavy atom. The monoisotopic (exact) mass is 873 g/mol. The standard InChI is InChI=1S/C23H37BN2O3Si.C15H26OSi.C9H15BN2O2/c1-17(18-11-13-20(14-12-18)27-30(9,10)21(2,3)4)26-16-19(15-25-26)24-28-22(5,6)23(7,8)29-24;1-12(2)13-8-10-14(11-9-13)16-17(6,7)15(3,4)5;1-8(2)9(3,4)14-10(13-8)7-5-11-12-6-7/h11-17H,1-10H3;8-12H,1-7H3;5-6H,1-4H3,(H,11,12). The molecule has 2 saturated heterocycles. The number of aromatic amines is 1. The molecule has 6 rings (SSSR count). The summed E-state index contributed by atoms with van der Waals surface area (Å²) >= 11 is 0. The van der Waals surface area contributed by atoms with E-state index in [2.05, 4.69) is 180 Å². The number of nitrogens with zero attached hydrogens (tertiary/aromatic N) is 3. The molecule has 2 aromatic heterocycles. The Balaban J connectivity index is 0.000000222. The molecule has 0 amide bonds. The molecular formula is C47H78B2N4O6Si2. The van der Waals surface area contributed by atoms with E-state index >= 15 is 0 Å². The average Bonchev–Trinajstić information content (AvgIpc) is 3.91. The summed E-state index contributed by atoms with van der Waals surface area (Å²) < 4.78 is 38.6. The molecule has 336 valence electrons. The molecule has 2 aliphatic rings. The van der Waals surface area contributed by atoms with Crippen LogP contribution in [0.1, 0.15) is 141 Å². The number of aromatic nitrogens is 4. The van der Waals surface area contributed by atoms with Crippen LogP contribution in [0.4, 0.5) is 0 Å². The van der Waals surface area contributed by atoms with Crippen LogP contribution >= 0.6 is 0 Å². The van der Waals surface area contributed by atoms with Crippen molar-refractivity contribution in [2.24, 2.45) is 0 Å². The highest BCUT2D eigenvalue weighted by molar-refractivity contribution is 6.75. The molecule has 2 aliphatic heterocycles. The SMILES string of the molecule is CC(C)c1ccc(O[Si](C)(C)C(C)(C)C)cc1.CC(c1ccc(O[Si](C)(C)C(C)(C)C)cc1)n1cc(B2OC(C)(C)C(C)(C)O2)cn1.CC1(C)OB(c2cn[nH]c2)OC1(C)C. The first kappa shape index (κ1) is 50.5. The Morgan fingerprint density at radius 1 is 0.590 bits per heavy atom. The van der Waals surface area contributed by atoms with Crippen molar-refractivity contribution in [3.63, 3.8) is 0 Å². The van der Waals surface area contributed by atoms with Crippen LogP contribution in [0.2, 0.25) is 36.3 Å². The van der Waals surface area contributed by atoms with Crippen molar-refractivity contribution >= 4 is 41.8 Å². The zero-order valence-corrected chi connectivity index (χ0v) is 43.5. The number of hydrogen-bond acceptors (Lipinski definition) is 8. The Bertz CT molecular complexity index is 1970. The second kappa shape index (κ2) is 18.2. The molecule has 4 heterocycles. The maximum Gasteiger partial charge on any atom is 0.498 e. The first-order valence-corrected chi connectivity index (χ1v) is 27.8. The number of rotatable bonds is 9. The third kappa shape index (κ3) is 12.1. The van der Waals surface area contributed by atoms with Crippen molar-refractivity contribution in [3.05, 3.63) is 84.4 Å². The van der Waals surface area contributed by atoms with Gasteiger partial charge in [0.15, 0.2) is 0 Å². The minimum absolute atomic E-state index is 0.100. The molecule has 1 N–H and O–H groups in total. The van der Waals surface area contributed by atoms with Crippen molar-refractivity contribution < 1.29 is 27.5 Å². The highest BCUT2D eigenvalue weighted by Gasteiger charge is 2.53. The molecular weight excluding hydrogens is 794 g/mol. The Hall–Kier alpha value is -3.14. The Morgan fingerprint density at radius 3 is 1.31 bits per heavy atom. The summed E-state index contributed by atoms with van der Waals surface area (Å²) in [6, 6.07) is 17.1. The predicted octanol–water partition coefficient (Wildman–Crippen LogP) is 11.1. The maximum absolute atomic E-state index is 6.40. The van der Waals surface area contributed by atoms with Gasteiger partial charge in [0.05, 0.1) is 28.4 Å². The van der Waals surface area contributed by atoms with Gasteiger partial charge in [0.2, 0.25) is 16.6 Å². The van der Waals surface area contributed by atoms with Gasteiger partial charge in [-0.25, -0.2) is 0 Å². The second-order valence-electron chi connectivity index (χ2n) is 22.2. The van der Waals surface area contributed by atoms with E-state index in [9.17, 15) is 0 Å². The molecule has 1 unspecified atom stereocenters. The lowest BCUT2D eigenvalue weighted by Gasteiger charge is -2.36. The fraction of sp³-hybridized carbons (Fsp3) is 0.617. The highest BCUT2D eigenvalue weighted by Crippen LogP contribution is 2.40. The van der Waals surface area contributed by atoms with Gasteiger partial charge in [0.25, 0.3) is 0 Å². The van der Waals surface area contributed by atoms with Crippen molar-refractivity contribution in [3.8, 4) is 11.5 Å². The largest absolute Gasteiger partial charge is 0.544 e. The molecule has 14 heteroatoms. The summed E-state index contributed by atoms with van der Waals surface area (Å²) in [5.74, 6) is 2.54. The number of nitrogens with one attached hydrogen (secondary N) is 1. The minimum Gasteiger partial charge on any atom is -0.544 e. The summed E-state index contributed by atoms with van der Waals surface area (Å²) in [7, 11) is -4.22. The van der Waals surface area contributed by atoms with Crippen molar-refractivity contribution in [2.45, 2.75) is 188 Å². The Kier molecular flexibility index (Phi) is 15.0. The predicted molar refractivity (Wildman–Crippen MR) is 259 cm³/mol. The van der Waals surface area contributed by atoms with Crippen LogP contribution in [0, 0.1) is 0 Å². The smallest absolute Gasteiger partial charge is 0.498 e. The molecule has 61 heavy (non-hydrogen) atoms. The van der Waals surface area contributed by atoms with Gasteiger partial charge in [-0.15, -0.1) is 0 Å². The van der Waals surface area contributed by atoms with Crippen molar-refractivity contribution in [1.29, 1.82) is 0 Å². The van der Waals surface area contributed by atoms with E-state index < -0.39 is 23.8 Å². The zero-order valence-electron chi connectivity index (χ0n) is 41.5. The molecule has 0 spiro atoms. The summed E-state index contributed by atoms with van der Waals surface area (Å²) in [5, 5.41) is 11.6. The van der Waals surface area contributed by atoms with E-state index in [1.165, 1.54) is 11.1 Å². The summed E-state index contributed by atoms with van der Waals surface area (Å²) in [6.07, 6.45) is 7.38. The minimum atomic E-state index is -1.84. The van der Waals surface area contributed by atoms with E-state index in [1.54, 1.807) is 12.4 Å². The Labute approximate surface area is 372 Å². The van der Waals surface area contributed by atoms with Gasteiger partial charge in [-0.05, 0) is 140 Å². The van der Waals surface area contributed by atoms with Crippen LogP contribution in [0.5, 0.6) is 11.5 Å². The van der Waals surface area contributed by atoms with Crippen LogP contribution in [0.3, 0.4) is 0 Å². The summed E-state index contributed by atoms with van der Waals surface area (Å²) in [5.41, 5.74) is 3.15. The zero-order chi connectivity index (χ0) is 46.2. The van der Waals surface area contributed by atoms with Gasteiger partial charge in [0, 0.05) is 35.7 Å². The van der Waals surface area contributed by atoms with Crippen LogP contribution in [0.25, 0.3) is 0 Å². The average molecular weight is 873 g/mol. The van der Waals surface area contributed by atoms with Crippen molar-refractivity contribution in [1.82, 2.24) is 20.0 Å². The fourth-order valence-corrected chi connectivity index (χ4v) is 7.88. The van der Waals surface area contributed by atoms with Gasteiger partial charge in [0.1, 0.15) is 11.5 Å². The van der Waals surface area contributed by atoms with E-state index in [1.807, 2.05) is 44.8 Å². The lowest BCUT2D eigenvalue weighted by Crippen LogP contribution is -2.43. The molecule has 0 saturated carbocycles. The lowest BCUT2D eigenvalue weighted by molar-refractivity contribution is 0.00578. The second-order valence-corrected chi connectivity index (χ2v) is 31.6. The molecule has 1 atom stereocenters. The number of H-pyrrole nitrogens is 1. The van der Waals surface area contributed by atoms with Crippen molar-refractivity contribution in [2.75, 3.05) is 0 Å². The van der Waals surface area contributed by atoms with Crippen LogP contribution in [-0.4, -0.2) is 73.3 Å². The van der Waals surface area contributed by atoms with Crippen LogP contribution in [0.15, 0.2) is 73.3 Å². The van der Waals surface area contributed by atoms with Gasteiger partial charge < -0.3 is 27.5 Å². The van der Waals surface area contributed by atoms with E-state index in [4.69, 9.17) is 27.5 Å². The molecule has 2 aromatic carbocycles. The molecule has 0 aliphatic carbocycles. The number of benzene rings is 2. The summed E-state index contributed by atoms with van der Waals surface area (Å²) in [4.78, 5) is 0. The lowest BCUT2D eigenvalue weighted by atomic mass is 9.82. The van der Waals surface area contributed by atoms with Crippen LogP contribution < -0.4 is 19.8 Å². The quantitative estimate of drug-likeness (QED) is 0.166. The van der Waals surface area contributed by atoms with Gasteiger partial charge in [-0.3, -0.25) is 9.78 Å². The van der Waals surface area contributed by atoms with Gasteiger partial charge in [-0.1, -0.05) is 79.7 Å². The molecule has 0 radical (unpaired) electrons. The maximum atomic E-state index is 6.40. The fourth-order valence-electron chi connectivity index (χ4n) is 5.82. The first-order chi connectivity index (χ1) is 27.7. The van der Waals surface area contributed by atoms with E-state index in [0.717, 1.165) is 22.4 Å². The van der Waals surface area contributed by atoms with Crippen LogP contribution in [-0.2, 0) is 18.6 Å². The normalized spacial score (nSPS) is 18.9. The third-order valence-electron chi connectivity index (χ3n) is 13.9.